The van der Waals surface area contributed by atoms with Gasteiger partial charge in [-0.2, -0.15) is 0 Å². The zero-order valence-corrected chi connectivity index (χ0v) is 11.4. The van der Waals surface area contributed by atoms with Crippen molar-refractivity contribution in [1.29, 1.82) is 0 Å². The highest BCUT2D eigenvalue weighted by atomic mass is 16.3. The molecule has 0 radical (unpaired) electrons. The summed E-state index contributed by atoms with van der Waals surface area (Å²) in [5.41, 5.74) is -0.678. The molecule has 3 N–H and O–H groups in total. The van der Waals surface area contributed by atoms with Crippen LogP contribution >= 0.6 is 0 Å². The number of hydrogen-bond acceptors (Lipinski definition) is 3. The van der Waals surface area contributed by atoms with Crippen LogP contribution in [0.3, 0.4) is 0 Å². The summed E-state index contributed by atoms with van der Waals surface area (Å²) in [6.07, 6.45) is 7.08. The lowest BCUT2D eigenvalue weighted by atomic mass is 9.80. The Hall–Kier alpha value is -1.10. The smallest absolute Gasteiger partial charge is 0.223 e. The van der Waals surface area contributed by atoms with Gasteiger partial charge in [-0.15, -0.1) is 0 Å². The first-order chi connectivity index (χ1) is 9.09. The highest BCUT2D eigenvalue weighted by molar-refractivity contribution is 5.80. The van der Waals surface area contributed by atoms with Crippen LogP contribution < -0.4 is 10.6 Å². The predicted octanol–water partition coefficient (Wildman–Crippen LogP) is 0.714. The summed E-state index contributed by atoms with van der Waals surface area (Å²) in [5.74, 6) is 0.133. The Morgan fingerprint density at radius 3 is 2.37 bits per heavy atom. The van der Waals surface area contributed by atoms with E-state index < -0.39 is 5.60 Å². The van der Waals surface area contributed by atoms with Crippen LogP contribution in [0.4, 0.5) is 0 Å². The molecule has 0 aliphatic heterocycles. The fourth-order valence-electron chi connectivity index (χ4n) is 2.74. The Labute approximate surface area is 114 Å². The van der Waals surface area contributed by atoms with Crippen molar-refractivity contribution in [3.05, 3.63) is 0 Å². The highest BCUT2D eigenvalue weighted by Gasteiger charge is 2.34. The molecule has 0 bridgehead atoms. The second-order valence-electron chi connectivity index (χ2n) is 5.88. The Bertz CT molecular complexity index is 334. The molecule has 0 aromatic carbocycles. The van der Waals surface area contributed by atoms with E-state index in [1.54, 1.807) is 0 Å². The van der Waals surface area contributed by atoms with Crippen molar-refractivity contribution < 1.29 is 14.7 Å². The molecular formula is C14H24N2O3. The first-order valence-electron chi connectivity index (χ1n) is 7.36. The molecule has 108 valence electrons. The van der Waals surface area contributed by atoms with E-state index in [0.717, 1.165) is 44.9 Å². The molecule has 0 spiro atoms. The first kappa shape index (κ1) is 14.3. The molecule has 2 amide bonds. The van der Waals surface area contributed by atoms with Crippen LogP contribution in [-0.4, -0.2) is 35.6 Å². The molecule has 0 saturated heterocycles. The third-order valence-electron chi connectivity index (χ3n) is 4.28. The van der Waals surface area contributed by atoms with Gasteiger partial charge in [0.2, 0.25) is 11.8 Å². The van der Waals surface area contributed by atoms with Crippen LogP contribution in [0.1, 0.15) is 51.4 Å². The summed E-state index contributed by atoms with van der Waals surface area (Å²) < 4.78 is 0. The lowest BCUT2D eigenvalue weighted by Crippen LogP contribution is -2.48. The van der Waals surface area contributed by atoms with Gasteiger partial charge < -0.3 is 15.7 Å². The Kier molecular flexibility index (Phi) is 4.80. The minimum Gasteiger partial charge on any atom is -0.388 e. The van der Waals surface area contributed by atoms with Crippen molar-refractivity contribution in [1.82, 2.24) is 10.6 Å². The standard InChI is InChI=1S/C14H24N2O3/c17-12(16-10-14(19)7-3-8-14)6-9-15-13(18)11-4-1-2-5-11/h11,19H,1-10H2,(H,15,18)(H,16,17). The van der Waals surface area contributed by atoms with Gasteiger partial charge in [-0.05, 0) is 32.1 Å². The summed E-state index contributed by atoms with van der Waals surface area (Å²) in [6, 6.07) is 0. The van der Waals surface area contributed by atoms with Crippen LogP contribution in [0.5, 0.6) is 0 Å². The van der Waals surface area contributed by atoms with Crippen LogP contribution in [0.15, 0.2) is 0 Å². The molecular weight excluding hydrogens is 244 g/mol. The van der Waals surface area contributed by atoms with Gasteiger partial charge in [-0.25, -0.2) is 0 Å². The van der Waals surface area contributed by atoms with Gasteiger partial charge in [0, 0.05) is 25.4 Å². The molecule has 0 atom stereocenters. The normalized spacial score (nSPS) is 21.7. The number of aliphatic hydroxyl groups is 1. The van der Waals surface area contributed by atoms with E-state index >= 15 is 0 Å². The lowest BCUT2D eigenvalue weighted by Gasteiger charge is -2.36. The van der Waals surface area contributed by atoms with E-state index in [1.165, 1.54) is 0 Å². The maximum Gasteiger partial charge on any atom is 0.223 e. The summed E-state index contributed by atoms with van der Waals surface area (Å²) in [7, 11) is 0. The zero-order valence-electron chi connectivity index (χ0n) is 11.4. The molecule has 0 aromatic rings. The average molecular weight is 268 g/mol. The van der Waals surface area contributed by atoms with Crippen LogP contribution in [0.2, 0.25) is 0 Å². The first-order valence-corrected chi connectivity index (χ1v) is 7.36. The molecule has 2 aliphatic rings. The molecule has 5 heteroatoms. The van der Waals surface area contributed by atoms with Crippen molar-refractivity contribution in [3.8, 4) is 0 Å². The summed E-state index contributed by atoms with van der Waals surface area (Å²) >= 11 is 0. The van der Waals surface area contributed by atoms with Gasteiger partial charge in [0.05, 0.1) is 5.60 Å². The number of amides is 2. The van der Waals surface area contributed by atoms with Crippen LogP contribution in [0.25, 0.3) is 0 Å². The van der Waals surface area contributed by atoms with E-state index in [4.69, 9.17) is 0 Å². The maximum absolute atomic E-state index is 11.7. The zero-order chi connectivity index (χ0) is 13.7. The predicted molar refractivity (Wildman–Crippen MR) is 71.4 cm³/mol. The summed E-state index contributed by atoms with van der Waals surface area (Å²) in [5, 5.41) is 15.4. The summed E-state index contributed by atoms with van der Waals surface area (Å²) in [4.78, 5) is 23.3. The Morgan fingerprint density at radius 2 is 1.79 bits per heavy atom. The van der Waals surface area contributed by atoms with Gasteiger partial charge in [0.1, 0.15) is 0 Å². The van der Waals surface area contributed by atoms with Crippen molar-refractivity contribution in [2.45, 2.75) is 57.0 Å². The largest absolute Gasteiger partial charge is 0.388 e. The van der Waals surface area contributed by atoms with Crippen molar-refractivity contribution in [2.24, 2.45) is 5.92 Å². The van der Waals surface area contributed by atoms with Gasteiger partial charge in [0.15, 0.2) is 0 Å². The minimum atomic E-state index is -0.678. The van der Waals surface area contributed by atoms with E-state index in [0.29, 0.717) is 13.1 Å². The van der Waals surface area contributed by atoms with E-state index in [9.17, 15) is 14.7 Å². The number of carbonyl (C=O) groups excluding carboxylic acids is 2. The molecule has 5 nitrogen and oxygen atoms in total. The van der Waals surface area contributed by atoms with E-state index in [1.807, 2.05) is 0 Å². The SMILES string of the molecule is O=C(CCNC(=O)C1CCCC1)NCC1(O)CCC1. The fourth-order valence-corrected chi connectivity index (χ4v) is 2.74. The van der Waals surface area contributed by atoms with E-state index in [2.05, 4.69) is 10.6 Å². The molecule has 2 rings (SSSR count). The monoisotopic (exact) mass is 268 g/mol. The molecule has 0 unspecified atom stereocenters. The third-order valence-corrected chi connectivity index (χ3v) is 4.28. The van der Waals surface area contributed by atoms with Gasteiger partial charge in [0.25, 0.3) is 0 Å². The number of carbonyl (C=O) groups is 2. The van der Waals surface area contributed by atoms with Crippen LogP contribution in [-0.2, 0) is 9.59 Å². The molecule has 0 heterocycles. The Balaban J connectivity index is 1.54. The maximum atomic E-state index is 11.7. The van der Waals surface area contributed by atoms with Crippen molar-refractivity contribution >= 4 is 11.8 Å². The topological polar surface area (TPSA) is 78.4 Å². The lowest BCUT2D eigenvalue weighted by molar-refractivity contribution is -0.125. The number of hydrogen-bond donors (Lipinski definition) is 3. The van der Waals surface area contributed by atoms with Crippen molar-refractivity contribution in [2.75, 3.05) is 13.1 Å². The fraction of sp³-hybridized carbons (Fsp3) is 0.857. The van der Waals surface area contributed by atoms with Gasteiger partial charge >= 0.3 is 0 Å². The minimum absolute atomic E-state index is 0.0860. The molecule has 19 heavy (non-hydrogen) atoms. The summed E-state index contributed by atoms with van der Waals surface area (Å²) in [6.45, 7) is 0.724. The van der Waals surface area contributed by atoms with Crippen molar-refractivity contribution in [3.63, 3.8) is 0 Å². The quantitative estimate of drug-likeness (QED) is 0.664. The van der Waals surface area contributed by atoms with Gasteiger partial charge in [-0.1, -0.05) is 12.8 Å². The number of nitrogens with one attached hydrogen (secondary N) is 2. The van der Waals surface area contributed by atoms with Gasteiger partial charge in [-0.3, -0.25) is 9.59 Å². The number of rotatable bonds is 6. The average Bonchev–Trinajstić information content (AvgIpc) is 2.87. The third kappa shape index (κ3) is 4.20. The molecule has 2 aliphatic carbocycles. The Morgan fingerprint density at radius 1 is 1.11 bits per heavy atom. The molecule has 2 saturated carbocycles. The highest BCUT2D eigenvalue weighted by Crippen LogP contribution is 2.30. The second kappa shape index (κ2) is 6.37. The molecule has 2 fully saturated rings. The van der Waals surface area contributed by atoms with E-state index in [-0.39, 0.29) is 24.2 Å². The second-order valence-corrected chi connectivity index (χ2v) is 5.88. The molecule has 0 aromatic heterocycles. The van der Waals surface area contributed by atoms with Crippen LogP contribution in [0, 0.1) is 5.92 Å².